The van der Waals surface area contributed by atoms with Gasteiger partial charge in [0.05, 0.1) is 23.4 Å². The average Bonchev–Trinajstić information content (AvgIpc) is 2.83. The van der Waals surface area contributed by atoms with Crippen LogP contribution in [0.15, 0.2) is 33.3 Å². The van der Waals surface area contributed by atoms with E-state index in [-0.39, 0.29) is 5.84 Å². The van der Waals surface area contributed by atoms with Crippen LogP contribution >= 0.6 is 27.3 Å². The van der Waals surface area contributed by atoms with Crippen molar-refractivity contribution in [3.63, 3.8) is 0 Å². The minimum absolute atomic E-state index is 0.0956. The highest BCUT2D eigenvalue weighted by atomic mass is 79.9. The summed E-state index contributed by atoms with van der Waals surface area (Å²) in [5, 5.41) is 11.7. The van der Waals surface area contributed by atoms with Crippen molar-refractivity contribution in [3.05, 3.63) is 44.3 Å². The Morgan fingerprint density at radius 1 is 1.55 bits per heavy atom. The number of oxime groups is 1. The molecular weight excluding hydrogens is 340 g/mol. The van der Waals surface area contributed by atoms with Gasteiger partial charge < -0.3 is 15.8 Å². The van der Waals surface area contributed by atoms with Crippen molar-refractivity contribution in [1.82, 2.24) is 4.98 Å². The number of hydrogen-bond acceptors (Lipinski definition) is 5. The summed E-state index contributed by atoms with van der Waals surface area (Å²) >= 11 is 5.17. The molecule has 1 heterocycles. The highest BCUT2D eigenvalue weighted by molar-refractivity contribution is 9.10. The monoisotopic (exact) mass is 354 g/mol. The first-order chi connectivity index (χ1) is 9.52. The summed E-state index contributed by atoms with van der Waals surface area (Å²) in [4.78, 5) is 7.62. The number of amidine groups is 1. The fourth-order valence-corrected chi connectivity index (χ4v) is 3.32. The first kappa shape index (κ1) is 14.8. The van der Waals surface area contributed by atoms with Crippen molar-refractivity contribution in [1.29, 1.82) is 0 Å². The summed E-state index contributed by atoms with van der Waals surface area (Å²) in [5.41, 5.74) is 10.2. The van der Waals surface area contributed by atoms with Gasteiger partial charge in [-0.15, -0.1) is 11.3 Å². The predicted molar refractivity (Wildman–Crippen MR) is 85.6 cm³/mol. The Hall–Kier alpha value is -1.60. The molecule has 0 unspecified atom stereocenters. The molecule has 1 aromatic heterocycles. The molecule has 0 amide bonds. The molecule has 0 bridgehead atoms. The van der Waals surface area contributed by atoms with Gasteiger partial charge in [-0.05, 0) is 41.1 Å². The number of nitrogens with two attached hydrogens (primary N) is 1. The van der Waals surface area contributed by atoms with Crippen molar-refractivity contribution in [2.24, 2.45) is 10.9 Å². The molecule has 1 aromatic carbocycles. The smallest absolute Gasteiger partial charge is 0.170 e. The fourth-order valence-electron chi connectivity index (χ4n) is 1.81. The number of aromatic nitrogens is 1. The van der Waals surface area contributed by atoms with Crippen molar-refractivity contribution < 1.29 is 5.21 Å². The van der Waals surface area contributed by atoms with Crippen molar-refractivity contribution in [3.8, 4) is 0 Å². The minimum atomic E-state index is 0.0956. The van der Waals surface area contributed by atoms with E-state index in [1.165, 1.54) is 4.88 Å². The summed E-state index contributed by atoms with van der Waals surface area (Å²) in [5.74, 6) is 0.0956. The quantitative estimate of drug-likeness (QED) is 0.383. The predicted octanol–water partition coefficient (Wildman–Crippen LogP) is 2.94. The normalized spacial score (nSPS) is 11.7. The van der Waals surface area contributed by atoms with Gasteiger partial charge in [0, 0.05) is 22.0 Å². The van der Waals surface area contributed by atoms with Gasteiger partial charge in [0.2, 0.25) is 0 Å². The van der Waals surface area contributed by atoms with Crippen LogP contribution < -0.4 is 10.6 Å². The molecule has 20 heavy (non-hydrogen) atoms. The van der Waals surface area contributed by atoms with Crippen LogP contribution in [-0.4, -0.2) is 23.1 Å². The molecule has 106 valence electrons. The first-order valence-corrected chi connectivity index (χ1v) is 7.57. The summed E-state index contributed by atoms with van der Waals surface area (Å²) in [6.45, 7) is 2.80. The molecule has 0 atom stereocenters. The van der Waals surface area contributed by atoms with E-state index >= 15 is 0 Å². The van der Waals surface area contributed by atoms with E-state index in [1.54, 1.807) is 11.3 Å². The number of nitrogens with zero attached hydrogens (tertiary/aromatic N) is 3. The van der Waals surface area contributed by atoms with Crippen LogP contribution in [0.1, 0.15) is 16.1 Å². The van der Waals surface area contributed by atoms with Crippen LogP contribution in [0, 0.1) is 6.92 Å². The number of anilines is 1. The maximum absolute atomic E-state index is 8.69. The Morgan fingerprint density at radius 3 is 2.85 bits per heavy atom. The van der Waals surface area contributed by atoms with Crippen LogP contribution in [0.2, 0.25) is 0 Å². The van der Waals surface area contributed by atoms with Crippen molar-refractivity contribution in [2.75, 3.05) is 11.9 Å². The van der Waals surface area contributed by atoms with Gasteiger partial charge in [0.25, 0.3) is 0 Å². The molecule has 7 heteroatoms. The first-order valence-electron chi connectivity index (χ1n) is 5.90. The molecule has 2 rings (SSSR count). The van der Waals surface area contributed by atoms with Crippen LogP contribution in [0.4, 0.5) is 5.69 Å². The number of benzene rings is 1. The summed E-state index contributed by atoms with van der Waals surface area (Å²) in [7, 11) is 2.02. The topological polar surface area (TPSA) is 74.7 Å². The van der Waals surface area contributed by atoms with Crippen molar-refractivity contribution >= 4 is 38.8 Å². The summed E-state index contributed by atoms with van der Waals surface area (Å²) in [6.07, 6.45) is 0. The number of aryl methyl sites for hydroxylation is 1. The zero-order valence-electron chi connectivity index (χ0n) is 11.2. The van der Waals surface area contributed by atoms with Gasteiger partial charge in [0.15, 0.2) is 5.84 Å². The highest BCUT2D eigenvalue weighted by Crippen LogP contribution is 2.28. The van der Waals surface area contributed by atoms with Gasteiger partial charge >= 0.3 is 0 Å². The third kappa shape index (κ3) is 3.10. The Labute approximate surface area is 129 Å². The lowest BCUT2D eigenvalue weighted by Crippen LogP contribution is -2.18. The fraction of sp³-hybridized carbons (Fsp3) is 0.231. The molecule has 0 fully saturated rings. The van der Waals surface area contributed by atoms with E-state index in [1.807, 2.05) is 37.7 Å². The lowest BCUT2D eigenvalue weighted by atomic mass is 10.2. The molecule has 2 aromatic rings. The van der Waals surface area contributed by atoms with E-state index in [0.29, 0.717) is 5.56 Å². The van der Waals surface area contributed by atoms with Gasteiger partial charge in [-0.25, -0.2) is 4.98 Å². The molecule has 0 saturated heterocycles. The number of halogens is 1. The van der Waals surface area contributed by atoms with E-state index in [9.17, 15) is 0 Å². The Kier molecular flexibility index (Phi) is 4.61. The standard InChI is InChI=1S/C13H15BrN4OS/c1-8-12(20-7-16-8)6-18(2)11-4-3-9(5-10(11)14)13(15)17-19/h3-5,7,19H,6H2,1-2H3,(H2,15,17). The molecule has 0 aliphatic rings. The van der Waals surface area contributed by atoms with Crippen LogP contribution in [-0.2, 0) is 6.54 Å². The van der Waals surface area contributed by atoms with Crippen molar-refractivity contribution in [2.45, 2.75) is 13.5 Å². The second-order valence-corrected chi connectivity index (χ2v) is 6.16. The molecule has 0 spiro atoms. The van der Waals surface area contributed by atoms with Gasteiger partial charge in [-0.2, -0.15) is 0 Å². The second kappa shape index (κ2) is 6.23. The minimum Gasteiger partial charge on any atom is -0.409 e. The average molecular weight is 355 g/mol. The number of rotatable bonds is 4. The van der Waals surface area contributed by atoms with E-state index in [0.717, 1.165) is 22.4 Å². The Morgan fingerprint density at radius 2 is 2.30 bits per heavy atom. The molecule has 3 N–H and O–H groups in total. The SMILES string of the molecule is Cc1ncsc1CN(C)c1ccc(/C(N)=N/O)cc1Br. The van der Waals surface area contributed by atoms with Gasteiger partial charge in [-0.1, -0.05) is 5.16 Å². The van der Waals surface area contributed by atoms with E-state index in [4.69, 9.17) is 10.9 Å². The molecule has 5 nitrogen and oxygen atoms in total. The van der Waals surface area contributed by atoms with Gasteiger partial charge in [0.1, 0.15) is 0 Å². The lowest BCUT2D eigenvalue weighted by Gasteiger charge is -2.20. The van der Waals surface area contributed by atoms with Crippen LogP contribution in [0.25, 0.3) is 0 Å². The maximum Gasteiger partial charge on any atom is 0.170 e. The summed E-state index contributed by atoms with van der Waals surface area (Å²) < 4.78 is 0.895. The Bertz CT molecular complexity index is 641. The van der Waals surface area contributed by atoms with Crippen LogP contribution in [0.5, 0.6) is 0 Å². The molecule has 0 radical (unpaired) electrons. The number of hydrogen-bond donors (Lipinski definition) is 2. The van der Waals surface area contributed by atoms with Crippen LogP contribution in [0.3, 0.4) is 0 Å². The van der Waals surface area contributed by atoms with Gasteiger partial charge in [-0.3, -0.25) is 0 Å². The summed E-state index contributed by atoms with van der Waals surface area (Å²) in [6, 6.07) is 5.60. The Balaban J connectivity index is 2.22. The zero-order chi connectivity index (χ0) is 14.7. The second-order valence-electron chi connectivity index (χ2n) is 4.37. The zero-order valence-corrected chi connectivity index (χ0v) is 13.6. The third-order valence-corrected chi connectivity index (χ3v) is 4.54. The largest absolute Gasteiger partial charge is 0.409 e. The van der Waals surface area contributed by atoms with E-state index < -0.39 is 0 Å². The highest BCUT2D eigenvalue weighted by Gasteiger charge is 2.11. The molecule has 0 aliphatic heterocycles. The molecule has 0 aliphatic carbocycles. The molecule has 0 saturated carbocycles. The number of thiazole rings is 1. The maximum atomic E-state index is 8.69. The molecular formula is C13H15BrN4OS. The van der Waals surface area contributed by atoms with E-state index in [2.05, 4.69) is 31.0 Å². The lowest BCUT2D eigenvalue weighted by molar-refractivity contribution is 0.318. The third-order valence-electron chi connectivity index (χ3n) is 2.99.